The van der Waals surface area contributed by atoms with Crippen LogP contribution in [0.25, 0.3) is 0 Å². The summed E-state index contributed by atoms with van der Waals surface area (Å²) in [6.07, 6.45) is -10.1. The number of benzene rings is 2. The fourth-order valence-corrected chi connectivity index (χ4v) is 6.12. The van der Waals surface area contributed by atoms with Crippen LogP contribution in [0, 0.1) is 0 Å². The molecule has 2 N–H and O–H groups in total. The molecule has 4 heterocycles. The number of halogens is 6. The molecular weight excluding hydrogens is 588 g/mol. The Labute approximate surface area is 248 Å². The van der Waals surface area contributed by atoms with Gasteiger partial charge in [0.1, 0.15) is 29.6 Å². The van der Waals surface area contributed by atoms with Gasteiger partial charge in [-0.3, -0.25) is 4.79 Å². The fraction of sp³-hybridized carbons (Fsp3) is 0.323. The molecule has 4 aromatic rings. The summed E-state index contributed by atoms with van der Waals surface area (Å²) in [5.74, 6) is -4.26. The standard InChI is InChI=1S/C31H27F6N5O2/c32-30(33,34)22-12-11-21(17-38-22)41-15-13-18(14-16-41)25-23-24(31(35,36)37)27(43)29(44)39-28(23)42(40-25)26(19-7-3-1-4-8-19)20-9-5-2-6-10-20/h1-12,17-18,24,26-27,43H,13-16H2,(H,39,44)/t24-,27-/m0/s1. The highest BCUT2D eigenvalue weighted by atomic mass is 19.4. The van der Waals surface area contributed by atoms with E-state index in [-0.39, 0.29) is 17.1 Å². The van der Waals surface area contributed by atoms with Gasteiger partial charge in [-0.05, 0) is 36.1 Å². The average Bonchev–Trinajstić information content (AvgIpc) is 3.35. The molecule has 1 fully saturated rings. The molecule has 1 saturated heterocycles. The molecule has 44 heavy (non-hydrogen) atoms. The molecule has 2 aliphatic rings. The van der Waals surface area contributed by atoms with Gasteiger partial charge in [0.25, 0.3) is 5.91 Å². The number of alkyl halides is 6. The first-order valence-corrected chi connectivity index (χ1v) is 14.0. The predicted molar refractivity (Wildman–Crippen MR) is 149 cm³/mol. The van der Waals surface area contributed by atoms with Crippen molar-refractivity contribution in [2.45, 2.75) is 49.2 Å². The summed E-state index contributed by atoms with van der Waals surface area (Å²) in [4.78, 5) is 18.1. The second-order valence-electron chi connectivity index (χ2n) is 10.9. The molecule has 0 saturated carbocycles. The van der Waals surface area contributed by atoms with Crippen LogP contribution in [-0.4, -0.2) is 51.1 Å². The minimum atomic E-state index is -4.95. The summed E-state index contributed by atoms with van der Waals surface area (Å²) in [5.41, 5.74) is 0.763. The van der Waals surface area contributed by atoms with E-state index in [2.05, 4.69) is 10.3 Å². The van der Waals surface area contributed by atoms with Crippen LogP contribution in [0.2, 0.25) is 0 Å². The monoisotopic (exact) mass is 615 g/mol. The minimum absolute atomic E-state index is 0.121. The predicted octanol–water partition coefficient (Wildman–Crippen LogP) is 6.28. The summed E-state index contributed by atoms with van der Waals surface area (Å²) < 4.78 is 84.0. The normalized spacial score (nSPS) is 19.6. The molecule has 0 bridgehead atoms. The first kappa shape index (κ1) is 29.7. The topological polar surface area (TPSA) is 83.3 Å². The molecule has 2 atom stereocenters. The number of nitrogens with one attached hydrogen (secondary N) is 1. The van der Waals surface area contributed by atoms with Gasteiger partial charge in [0.05, 0.1) is 17.6 Å². The van der Waals surface area contributed by atoms with E-state index in [0.29, 0.717) is 31.6 Å². The zero-order chi connectivity index (χ0) is 31.2. The maximum atomic E-state index is 14.6. The van der Waals surface area contributed by atoms with Crippen LogP contribution in [-0.2, 0) is 11.0 Å². The van der Waals surface area contributed by atoms with Gasteiger partial charge in [0, 0.05) is 24.6 Å². The molecule has 13 heteroatoms. The first-order chi connectivity index (χ1) is 20.9. The van der Waals surface area contributed by atoms with Crippen molar-refractivity contribution in [1.82, 2.24) is 14.8 Å². The van der Waals surface area contributed by atoms with Gasteiger partial charge >= 0.3 is 12.4 Å². The number of pyridine rings is 1. The van der Waals surface area contributed by atoms with E-state index in [1.54, 1.807) is 24.3 Å². The number of hydrogen-bond donors (Lipinski definition) is 2. The average molecular weight is 616 g/mol. The largest absolute Gasteiger partial charge is 0.433 e. The highest BCUT2D eigenvalue weighted by Crippen LogP contribution is 2.49. The number of hydrogen-bond acceptors (Lipinski definition) is 5. The highest BCUT2D eigenvalue weighted by molar-refractivity contribution is 5.97. The Morgan fingerprint density at radius 1 is 0.864 bits per heavy atom. The quantitative estimate of drug-likeness (QED) is 0.259. The molecule has 0 unspecified atom stereocenters. The van der Waals surface area contributed by atoms with Gasteiger partial charge in [-0.15, -0.1) is 0 Å². The maximum Gasteiger partial charge on any atom is 0.433 e. The molecule has 0 spiro atoms. The molecule has 0 radical (unpaired) electrons. The van der Waals surface area contributed by atoms with E-state index in [1.165, 1.54) is 10.7 Å². The number of carbonyl (C=O) groups excluding carboxylic acids is 1. The Bertz CT molecular complexity index is 1580. The van der Waals surface area contributed by atoms with Crippen LogP contribution >= 0.6 is 0 Å². The Morgan fingerprint density at radius 3 is 1.95 bits per heavy atom. The van der Waals surface area contributed by atoms with Crippen molar-refractivity contribution in [3.63, 3.8) is 0 Å². The Hall–Kier alpha value is -4.39. The number of aromatic nitrogens is 3. The van der Waals surface area contributed by atoms with E-state index >= 15 is 0 Å². The van der Waals surface area contributed by atoms with Crippen molar-refractivity contribution in [2.75, 3.05) is 23.3 Å². The number of fused-ring (bicyclic) bond motifs is 1. The third-order valence-corrected chi connectivity index (χ3v) is 8.23. The summed E-state index contributed by atoms with van der Waals surface area (Å²) in [7, 11) is 0. The fourth-order valence-electron chi connectivity index (χ4n) is 6.12. The first-order valence-electron chi connectivity index (χ1n) is 14.0. The number of amides is 1. The molecule has 6 rings (SSSR count). The third kappa shape index (κ3) is 5.51. The van der Waals surface area contributed by atoms with Crippen molar-refractivity contribution >= 4 is 17.4 Å². The minimum Gasteiger partial charge on any atom is -0.382 e. The van der Waals surface area contributed by atoms with E-state index in [0.717, 1.165) is 23.4 Å². The number of rotatable bonds is 5. The lowest BCUT2D eigenvalue weighted by Gasteiger charge is -2.35. The van der Waals surface area contributed by atoms with E-state index in [9.17, 15) is 36.2 Å². The third-order valence-electron chi connectivity index (χ3n) is 8.23. The number of piperidine rings is 1. The number of nitrogens with zero attached hydrogens (tertiary/aromatic N) is 4. The van der Waals surface area contributed by atoms with Crippen LogP contribution in [0.5, 0.6) is 0 Å². The van der Waals surface area contributed by atoms with Gasteiger partial charge in [-0.2, -0.15) is 31.4 Å². The smallest absolute Gasteiger partial charge is 0.382 e. The summed E-state index contributed by atoms with van der Waals surface area (Å²) in [6, 6.07) is 19.6. The summed E-state index contributed by atoms with van der Waals surface area (Å²) >= 11 is 0. The molecule has 230 valence electrons. The second kappa shape index (κ2) is 11.3. The Kier molecular flexibility index (Phi) is 7.60. The molecule has 0 aliphatic carbocycles. The number of anilines is 2. The number of aliphatic hydroxyl groups excluding tert-OH is 1. The van der Waals surface area contributed by atoms with Crippen LogP contribution in [0.4, 0.5) is 37.8 Å². The zero-order valence-electron chi connectivity index (χ0n) is 23.1. The van der Waals surface area contributed by atoms with Crippen molar-refractivity contribution in [3.05, 3.63) is 107 Å². The molecule has 1 amide bonds. The lowest BCUT2D eigenvalue weighted by Crippen LogP contribution is -2.45. The van der Waals surface area contributed by atoms with Crippen molar-refractivity contribution in [3.8, 4) is 0 Å². The molecule has 2 aliphatic heterocycles. The Balaban J connectivity index is 1.42. The van der Waals surface area contributed by atoms with E-state index < -0.39 is 47.9 Å². The number of carbonyl (C=O) groups is 1. The molecule has 2 aromatic heterocycles. The number of aliphatic hydroxyl groups is 1. The molecule has 2 aromatic carbocycles. The van der Waals surface area contributed by atoms with Gasteiger partial charge in [0.15, 0.2) is 0 Å². The van der Waals surface area contributed by atoms with Crippen LogP contribution < -0.4 is 10.2 Å². The Morgan fingerprint density at radius 2 is 1.45 bits per heavy atom. The second-order valence-corrected chi connectivity index (χ2v) is 10.9. The maximum absolute atomic E-state index is 14.6. The van der Waals surface area contributed by atoms with Crippen LogP contribution in [0.1, 0.15) is 58.8 Å². The van der Waals surface area contributed by atoms with Gasteiger partial charge in [-0.25, -0.2) is 9.67 Å². The molecule has 7 nitrogen and oxygen atoms in total. The zero-order valence-corrected chi connectivity index (χ0v) is 23.1. The lowest BCUT2D eigenvalue weighted by molar-refractivity contribution is -0.177. The van der Waals surface area contributed by atoms with E-state index in [1.807, 2.05) is 41.3 Å². The summed E-state index contributed by atoms with van der Waals surface area (Å²) in [6.45, 7) is 0.650. The van der Waals surface area contributed by atoms with Crippen molar-refractivity contribution in [1.29, 1.82) is 0 Å². The lowest BCUT2D eigenvalue weighted by atomic mass is 9.82. The summed E-state index contributed by atoms with van der Waals surface area (Å²) in [5, 5.41) is 17.8. The van der Waals surface area contributed by atoms with Crippen LogP contribution in [0.15, 0.2) is 79.0 Å². The highest BCUT2D eigenvalue weighted by Gasteiger charge is 2.55. The molecular formula is C31H27F6N5O2. The SMILES string of the molecule is O=C1Nc2c(c(C3CCN(c4ccc(C(F)(F)F)nc4)CC3)nn2C(c2ccccc2)c2ccccc2)[C@H](C(F)(F)F)[C@@H]1O. The van der Waals surface area contributed by atoms with Crippen LogP contribution in [0.3, 0.4) is 0 Å². The van der Waals surface area contributed by atoms with Gasteiger partial charge in [0.2, 0.25) is 0 Å². The van der Waals surface area contributed by atoms with Crippen molar-refractivity contribution < 1.29 is 36.2 Å². The van der Waals surface area contributed by atoms with Gasteiger partial charge < -0.3 is 15.3 Å². The van der Waals surface area contributed by atoms with Crippen molar-refractivity contribution in [2.24, 2.45) is 0 Å². The van der Waals surface area contributed by atoms with E-state index in [4.69, 9.17) is 5.10 Å². The van der Waals surface area contributed by atoms with Gasteiger partial charge in [-0.1, -0.05) is 60.7 Å².